The summed E-state index contributed by atoms with van der Waals surface area (Å²) in [6.45, 7) is 8.52. The lowest BCUT2D eigenvalue weighted by Crippen LogP contribution is -2.15. The normalized spacial score (nSPS) is 11.7. The van der Waals surface area contributed by atoms with Crippen LogP contribution in [0.25, 0.3) is 0 Å². The summed E-state index contributed by atoms with van der Waals surface area (Å²) in [4.78, 5) is 14.1. The smallest absolute Gasteiger partial charge is 0.308 e. The molecule has 0 aliphatic carbocycles. The lowest BCUT2D eigenvalue weighted by molar-refractivity contribution is -0.147. The van der Waals surface area contributed by atoms with Crippen molar-refractivity contribution in [2.75, 3.05) is 11.5 Å². The van der Waals surface area contributed by atoms with Gasteiger partial charge in [0.05, 0.1) is 12.5 Å². The van der Waals surface area contributed by atoms with Gasteiger partial charge in [-0.25, -0.2) is 0 Å². The summed E-state index contributed by atoms with van der Waals surface area (Å²) in [7, 11) is 0. The maximum Gasteiger partial charge on any atom is 0.308 e. The molecule has 0 aliphatic rings. The Morgan fingerprint density at radius 2 is 1.23 bits per heavy atom. The quantitative estimate of drug-likeness (QED) is 0.384. The Balaban J connectivity index is 1.78. The second-order valence-electron chi connectivity index (χ2n) is 7.90. The number of hydrogen-bond donors (Lipinski definition) is 0. The van der Waals surface area contributed by atoms with Crippen LogP contribution in [0.5, 0.6) is 0 Å². The van der Waals surface area contributed by atoms with E-state index in [1.165, 1.54) is 11.1 Å². The molecule has 0 aromatic heterocycles. The number of benzene rings is 3. The van der Waals surface area contributed by atoms with Crippen LogP contribution in [0.3, 0.4) is 0 Å². The number of hydrogen-bond acceptors (Lipinski definition) is 3. The number of ether oxygens (including phenoxy) is 1. The van der Waals surface area contributed by atoms with Crippen molar-refractivity contribution in [2.24, 2.45) is 5.92 Å². The molecule has 1 unspecified atom stereocenters. The highest BCUT2D eigenvalue weighted by molar-refractivity contribution is 5.76. The van der Waals surface area contributed by atoms with Gasteiger partial charge in [0.1, 0.15) is 0 Å². The molecule has 3 aromatic carbocycles. The summed E-state index contributed by atoms with van der Waals surface area (Å²) >= 11 is 0. The second kappa shape index (κ2) is 10.1. The van der Waals surface area contributed by atoms with Crippen LogP contribution in [0.1, 0.15) is 37.0 Å². The lowest BCUT2D eigenvalue weighted by atomic mass is 10.1. The Labute approximate surface area is 180 Å². The van der Waals surface area contributed by atoms with Crippen LogP contribution in [0, 0.1) is 19.8 Å². The molecular weight excluding hydrogens is 370 g/mol. The standard InChI is InChI=1S/C27H31NO2/c1-5-22(4)27(29)30-19-18-23-10-16-26(17-11-23)28(24-12-6-20(2)7-13-24)25-14-8-21(3)9-15-25/h6-17,22H,5,18-19H2,1-4H3. The van der Waals surface area contributed by atoms with Gasteiger partial charge in [-0.05, 0) is 62.2 Å². The van der Waals surface area contributed by atoms with E-state index >= 15 is 0 Å². The van der Waals surface area contributed by atoms with Crippen molar-refractivity contribution < 1.29 is 9.53 Å². The summed E-state index contributed by atoms with van der Waals surface area (Å²) in [6, 6.07) is 25.6. The second-order valence-corrected chi connectivity index (χ2v) is 7.90. The first-order chi connectivity index (χ1) is 14.5. The molecular formula is C27H31NO2. The number of nitrogens with zero attached hydrogens (tertiary/aromatic N) is 1. The molecule has 3 aromatic rings. The van der Waals surface area contributed by atoms with Gasteiger partial charge in [-0.1, -0.05) is 61.4 Å². The van der Waals surface area contributed by atoms with Crippen LogP contribution in [0.15, 0.2) is 72.8 Å². The summed E-state index contributed by atoms with van der Waals surface area (Å²) < 4.78 is 5.39. The highest BCUT2D eigenvalue weighted by Crippen LogP contribution is 2.34. The van der Waals surface area contributed by atoms with E-state index in [1.807, 2.05) is 13.8 Å². The SMILES string of the molecule is CCC(C)C(=O)OCCc1ccc(N(c2ccc(C)cc2)c2ccc(C)cc2)cc1. The van der Waals surface area contributed by atoms with Crippen molar-refractivity contribution in [1.29, 1.82) is 0 Å². The molecule has 0 N–H and O–H groups in total. The van der Waals surface area contributed by atoms with Crippen molar-refractivity contribution in [3.8, 4) is 0 Å². The topological polar surface area (TPSA) is 29.5 Å². The molecule has 0 saturated carbocycles. The fourth-order valence-corrected chi connectivity index (χ4v) is 3.22. The van der Waals surface area contributed by atoms with E-state index in [2.05, 4.69) is 91.5 Å². The van der Waals surface area contributed by atoms with E-state index in [0.29, 0.717) is 6.61 Å². The zero-order valence-electron chi connectivity index (χ0n) is 18.4. The number of aryl methyl sites for hydroxylation is 2. The molecule has 0 spiro atoms. The Morgan fingerprint density at radius 1 is 0.800 bits per heavy atom. The third-order valence-electron chi connectivity index (χ3n) is 5.43. The molecule has 0 radical (unpaired) electrons. The van der Waals surface area contributed by atoms with Gasteiger partial charge in [0.25, 0.3) is 0 Å². The van der Waals surface area contributed by atoms with Gasteiger partial charge in [0.2, 0.25) is 0 Å². The van der Waals surface area contributed by atoms with E-state index in [-0.39, 0.29) is 11.9 Å². The predicted octanol–water partition coefficient (Wildman–Crippen LogP) is 6.91. The van der Waals surface area contributed by atoms with Gasteiger partial charge in [0, 0.05) is 23.5 Å². The van der Waals surface area contributed by atoms with E-state index in [1.54, 1.807) is 0 Å². The lowest BCUT2D eigenvalue weighted by Gasteiger charge is -2.26. The van der Waals surface area contributed by atoms with Crippen molar-refractivity contribution in [3.05, 3.63) is 89.5 Å². The number of carbonyl (C=O) groups is 1. The van der Waals surface area contributed by atoms with E-state index < -0.39 is 0 Å². The maximum absolute atomic E-state index is 11.8. The Hall–Kier alpha value is -3.07. The maximum atomic E-state index is 11.8. The zero-order valence-corrected chi connectivity index (χ0v) is 18.4. The van der Waals surface area contributed by atoms with Gasteiger partial charge in [-0.3, -0.25) is 4.79 Å². The molecule has 0 aliphatic heterocycles. The van der Waals surface area contributed by atoms with Gasteiger partial charge in [0.15, 0.2) is 0 Å². The minimum Gasteiger partial charge on any atom is -0.465 e. The molecule has 0 heterocycles. The zero-order chi connectivity index (χ0) is 21.5. The number of carbonyl (C=O) groups excluding carboxylic acids is 1. The molecule has 3 heteroatoms. The van der Waals surface area contributed by atoms with Crippen LogP contribution in [0.2, 0.25) is 0 Å². The molecule has 0 amide bonds. The highest BCUT2D eigenvalue weighted by atomic mass is 16.5. The molecule has 0 fully saturated rings. The van der Waals surface area contributed by atoms with Crippen molar-refractivity contribution in [3.63, 3.8) is 0 Å². The van der Waals surface area contributed by atoms with Gasteiger partial charge in [-0.15, -0.1) is 0 Å². The van der Waals surface area contributed by atoms with Gasteiger partial charge >= 0.3 is 5.97 Å². The molecule has 0 bridgehead atoms. The predicted molar refractivity (Wildman–Crippen MR) is 125 cm³/mol. The first-order valence-corrected chi connectivity index (χ1v) is 10.7. The molecule has 3 nitrogen and oxygen atoms in total. The van der Waals surface area contributed by atoms with Crippen molar-refractivity contribution >= 4 is 23.0 Å². The minimum absolute atomic E-state index is 0.0371. The largest absolute Gasteiger partial charge is 0.465 e. The van der Waals surface area contributed by atoms with Crippen molar-refractivity contribution in [1.82, 2.24) is 0 Å². The number of anilines is 3. The van der Waals surface area contributed by atoms with E-state index in [0.717, 1.165) is 35.5 Å². The van der Waals surface area contributed by atoms with Crippen LogP contribution >= 0.6 is 0 Å². The third kappa shape index (κ3) is 5.50. The summed E-state index contributed by atoms with van der Waals surface area (Å²) in [5.41, 5.74) is 6.99. The Bertz CT molecular complexity index is 898. The van der Waals surface area contributed by atoms with Crippen LogP contribution in [-0.2, 0) is 16.0 Å². The Kier molecular flexibility index (Phi) is 7.29. The van der Waals surface area contributed by atoms with Gasteiger partial charge in [-0.2, -0.15) is 0 Å². The summed E-state index contributed by atoms with van der Waals surface area (Å²) in [6.07, 6.45) is 1.53. The average molecular weight is 402 g/mol. The molecule has 156 valence electrons. The molecule has 3 rings (SSSR count). The first kappa shape index (κ1) is 21.6. The molecule has 30 heavy (non-hydrogen) atoms. The fraction of sp³-hybridized carbons (Fsp3) is 0.296. The Morgan fingerprint density at radius 3 is 1.67 bits per heavy atom. The summed E-state index contributed by atoms with van der Waals surface area (Å²) in [5.74, 6) is -0.149. The van der Waals surface area contributed by atoms with Gasteiger partial charge < -0.3 is 9.64 Å². The molecule has 0 saturated heterocycles. The van der Waals surface area contributed by atoms with Crippen molar-refractivity contribution in [2.45, 2.75) is 40.5 Å². The van der Waals surface area contributed by atoms with E-state index in [4.69, 9.17) is 4.74 Å². The summed E-state index contributed by atoms with van der Waals surface area (Å²) in [5, 5.41) is 0. The number of rotatable bonds is 8. The number of esters is 1. The first-order valence-electron chi connectivity index (χ1n) is 10.7. The van der Waals surface area contributed by atoms with Crippen LogP contribution in [0.4, 0.5) is 17.1 Å². The fourth-order valence-electron chi connectivity index (χ4n) is 3.22. The third-order valence-corrected chi connectivity index (χ3v) is 5.43. The van der Waals surface area contributed by atoms with Crippen LogP contribution < -0.4 is 4.90 Å². The van der Waals surface area contributed by atoms with Crippen LogP contribution in [-0.4, -0.2) is 12.6 Å². The highest BCUT2D eigenvalue weighted by Gasteiger charge is 2.13. The monoisotopic (exact) mass is 401 g/mol. The minimum atomic E-state index is -0.112. The average Bonchev–Trinajstić information content (AvgIpc) is 2.77. The molecule has 1 atom stereocenters. The van der Waals surface area contributed by atoms with E-state index in [9.17, 15) is 4.79 Å².